The van der Waals surface area contributed by atoms with Crippen molar-refractivity contribution >= 4 is 38.9 Å². The highest BCUT2D eigenvalue weighted by Gasteiger charge is 2.12. The first-order valence-corrected chi connectivity index (χ1v) is 6.02. The topological polar surface area (TPSA) is 24.1 Å². The summed E-state index contributed by atoms with van der Waals surface area (Å²) in [6.45, 7) is 5.96. The van der Waals surface area contributed by atoms with Crippen LogP contribution in [0.25, 0.3) is 0 Å². The molecule has 0 radical (unpaired) electrons. The highest BCUT2D eigenvalue weighted by Crippen LogP contribution is 2.19. The molecule has 0 unspecified atom stereocenters. The van der Waals surface area contributed by atoms with E-state index in [4.69, 9.17) is 12.2 Å². The van der Waals surface area contributed by atoms with Crippen LogP contribution in [0.2, 0.25) is 0 Å². The lowest BCUT2D eigenvalue weighted by atomic mass is 10.1. The van der Waals surface area contributed by atoms with Gasteiger partial charge in [0.15, 0.2) is 5.11 Å². The van der Waals surface area contributed by atoms with Gasteiger partial charge in [0.2, 0.25) is 0 Å². The fourth-order valence-corrected chi connectivity index (χ4v) is 1.83. The van der Waals surface area contributed by atoms with E-state index < -0.39 is 0 Å². The third-order valence-electron chi connectivity index (χ3n) is 1.67. The number of hydrogen-bond acceptors (Lipinski definition) is 1. The van der Waals surface area contributed by atoms with Crippen molar-refractivity contribution in [1.29, 1.82) is 0 Å². The lowest BCUT2D eigenvalue weighted by Gasteiger charge is -2.23. The second-order valence-corrected chi connectivity index (χ2v) is 5.78. The van der Waals surface area contributed by atoms with Gasteiger partial charge in [-0.2, -0.15) is 0 Å². The van der Waals surface area contributed by atoms with Gasteiger partial charge in [-0.15, -0.1) is 0 Å². The maximum atomic E-state index is 13.5. The molecule has 0 saturated heterocycles. The largest absolute Gasteiger partial charge is 0.358 e. The fourth-order valence-electron chi connectivity index (χ4n) is 1.09. The Balaban J connectivity index is 2.70. The van der Waals surface area contributed by atoms with Crippen LogP contribution in [-0.4, -0.2) is 10.7 Å². The molecule has 0 fully saturated rings. The normalized spacial score (nSPS) is 11.1. The highest BCUT2D eigenvalue weighted by molar-refractivity contribution is 9.10. The predicted molar refractivity (Wildman–Crippen MR) is 73.2 cm³/mol. The van der Waals surface area contributed by atoms with E-state index in [1.165, 1.54) is 6.07 Å². The number of anilines is 1. The molecule has 0 atom stereocenters. The van der Waals surface area contributed by atoms with Crippen LogP contribution in [0.5, 0.6) is 0 Å². The van der Waals surface area contributed by atoms with Crippen molar-refractivity contribution in [3.63, 3.8) is 0 Å². The molecule has 0 aromatic heterocycles. The van der Waals surface area contributed by atoms with Crippen LogP contribution in [-0.2, 0) is 0 Å². The minimum atomic E-state index is -0.340. The average molecular weight is 305 g/mol. The van der Waals surface area contributed by atoms with E-state index in [0.29, 0.717) is 15.3 Å². The van der Waals surface area contributed by atoms with Gasteiger partial charge >= 0.3 is 0 Å². The molecule has 0 bridgehead atoms. The molecule has 1 rings (SSSR count). The van der Waals surface area contributed by atoms with Crippen LogP contribution in [0.3, 0.4) is 0 Å². The van der Waals surface area contributed by atoms with Gasteiger partial charge in [-0.1, -0.05) is 15.9 Å². The zero-order valence-corrected chi connectivity index (χ0v) is 11.8. The SMILES string of the molecule is CC(C)(C)NC(=S)Nc1ccc(Br)cc1F. The number of nitrogens with one attached hydrogen (secondary N) is 2. The van der Waals surface area contributed by atoms with E-state index in [2.05, 4.69) is 26.6 Å². The Morgan fingerprint density at radius 3 is 2.50 bits per heavy atom. The highest BCUT2D eigenvalue weighted by atomic mass is 79.9. The Hall–Kier alpha value is -0.680. The molecule has 0 aliphatic carbocycles. The Labute approximate surface area is 109 Å². The number of halogens is 2. The molecule has 88 valence electrons. The van der Waals surface area contributed by atoms with E-state index >= 15 is 0 Å². The third kappa shape index (κ3) is 4.45. The summed E-state index contributed by atoms with van der Waals surface area (Å²) < 4.78 is 14.2. The van der Waals surface area contributed by atoms with Crippen LogP contribution in [0.4, 0.5) is 10.1 Å². The molecule has 0 aliphatic heterocycles. The van der Waals surface area contributed by atoms with Crippen molar-refractivity contribution in [2.24, 2.45) is 0 Å². The molecule has 1 aromatic carbocycles. The first kappa shape index (κ1) is 13.4. The summed E-state index contributed by atoms with van der Waals surface area (Å²) >= 11 is 8.27. The van der Waals surface area contributed by atoms with Crippen LogP contribution in [0.15, 0.2) is 22.7 Å². The maximum absolute atomic E-state index is 13.5. The molecule has 2 N–H and O–H groups in total. The van der Waals surface area contributed by atoms with E-state index in [1.54, 1.807) is 12.1 Å². The first-order valence-electron chi connectivity index (χ1n) is 4.82. The van der Waals surface area contributed by atoms with E-state index in [-0.39, 0.29) is 11.4 Å². The number of rotatable bonds is 1. The summed E-state index contributed by atoms with van der Waals surface area (Å²) in [5.74, 6) is -0.340. The van der Waals surface area contributed by atoms with Crippen LogP contribution in [0.1, 0.15) is 20.8 Å². The van der Waals surface area contributed by atoms with Crippen LogP contribution in [0, 0.1) is 5.82 Å². The van der Waals surface area contributed by atoms with Crippen molar-refractivity contribution in [3.8, 4) is 0 Å². The molecule has 1 aromatic rings. The predicted octanol–water partition coefficient (Wildman–Crippen LogP) is 3.67. The first-order chi connectivity index (χ1) is 7.28. The van der Waals surface area contributed by atoms with Gasteiger partial charge in [-0.25, -0.2) is 4.39 Å². The molecular weight excluding hydrogens is 291 g/mol. The molecule has 5 heteroatoms. The summed E-state index contributed by atoms with van der Waals surface area (Å²) in [4.78, 5) is 0. The smallest absolute Gasteiger partial charge is 0.171 e. The van der Waals surface area contributed by atoms with Crippen LogP contribution < -0.4 is 10.6 Å². The zero-order valence-electron chi connectivity index (χ0n) is 9.40. The molecule has 0 aliphatic rings. The van der Waals surface area contributed by atoms with Gasteiger partial charge in [0.05, 0.1) is 5.69 Å². The molecule has 16 heavy (non-hydrogen) atoms. The molecule has 0 spiro atoms. The van der Waals surface area contributed by atoms with E-state index in [9.17, 15) is 4.39 Å². The van der Waals surface area contributed by atoms with Crippen molar-refractivity contribution in [2.45, 2.75) is 26.3 Å². The quantitative estimate of drug-likeness (QED) is 0.774. The molecule has 0 amide bonds. The van der Waals surface area contributed by atoms with E-state index in [0.717, 1.165) is 0 Å². The van der Waals surface area contributed by atoms with Crippen molar-refractivity contribution < 1.29 is 4.39 Å². The second-order valence-electron chi connectivity index (χ2n) is 4.45. The summed E-state index contributed by atoms with van der Waals surface area (Å²) in [5.41, 5.74) is 0.223. The Morgan fingerprint density at radius 2 is 2.00 bits per heavy atom. The minimum Gasteiger partial charge on any atom is -0.358 e. The van der Waals surface area contributed by atoms with Gasteiger partial charge < -0.3 is 10.6 Å². The van der Waals surface area contributed by atoms with Crippen molar-refractivity contribution in [1.82, 2.24) is 5.32 Å². The number of thiocarbonyl (C=S) groups is 1. The van der Waals surface area contributed by atoms with Gasteiger partial charge in [0.25, 0.3) is 0 Å². The Bertz CT molecular complexity index is 401. The Morgan fingerprint density at radius 1 is 1.38 bits per heavy atom. The lowest BCUT2D eigenvalue weighted by molar-refractivity contribution is 0.514. The van der Waals surface area contributed by atoms with Gasteiger partial charge in [-0.05, 0) is 51.2 Å². The van der Waals surface area contributed by atoms with Gasteiger partial charge in [0, 0.05) is 10.0 Å². The second kappa shape index (κ2) is 5.10. The number of benzene rings is 1. The van der Waals surface area contributed by atoms with Crippen LogP contribution >= 0.6 is 28.1 Å². The lowest BCUT2D eigenvalue weighted by Crippen LogP contribution is -2.43. The number of hydrogen-bond donors (Lipinski definition) is 2. The molecular formula is C11H14BrFN2S. The fraction of sp³-hybridized carbons (Fsp3) is 0.364. The minimum absolute atomic E-state index is 0.143. The summed E-state index contributed by atoms with van der Waals surface area (Å²) in [6, 6.07) is 4.78. The average Bonchev–Trinajstić information content (AvgIpc) is 2.06. The van der Waals surface area contributed by atoms with Gasteiger partial charge in [0.1, 0.15) is 5.82 Å². The van der Waals surface area contributed by atoms with Crippen molar-refractivity contribution in [3.05, 3.63) is 28.5 Å². The monoisotopic (exact) mass is 304 g/mol. The van der Waals surface area contributed by atoms with E-state index in [1.807, 2.05) is 20.8 Å². The standard InChI is InChI=1S/C11H14BrFN2S/c1-11(2,3)15-10(16)14-9-5-4-7(12)6-8(9)13/h4-6H,1-3H3,(H2,14,15,16). The van der Waals surface area contributed by atoms with Crippen molar-refractivity contribution in [2.75, 3.05) is 5.32 Å². The Kier molecular flexibility index (Phi) is 4.27. The summed E-state index contributed by atoms with van der Waals surface area (Å²) in [6.07, 6.45) is 0. The van der Waals surface area contributed by atoms with Gasteiger partial charge in [-0.3, -0.25) is 0 Å². The third-order valence-corrected chi connectivity index (χ3v) is 2.37. The molecule has 0 heterocycles. The molecule has 0 saturated carbocycles. The zero-order chi connectivity index (χ0) is 12.3. The molecule has 2 nitrogen and oxygen atoms in total. The maximum Gasteiger partial charge on any atom is 0.171 e. The summed E-state index contributed by atoms with van der Waals surface area (Å²) in [5, 5.41) is 6.28. The summed E-state index contributed by atoms with van der Waals surface area (Å²) in [7, 11) is 0.